The van der Waals surface area contributed by atoms with Crippen LogP contribution in [0.25, 0.3) is 0 Å². The van der Waals surface area contributed by atoms with Crippen LogP contribution in [-0.4, -0.2) is 10.1 Å². The Labute approximate surface area is 79.6 Å². The summed E-state index contributed by atoms with van der Waals surface area (Å²) in [5.41, 5.74) is -0.123. The first-order valence-corrected chi connectivity index (χ1v) is 3.89. The maximum Gasteiger partial charge on any atom is 0.264 e. The summed E-state index contributed by atoms with van der Waals surface area (Å²) < 4.78 is 25.1. The lowest BCUT2D eigenvalue weighted by Gasteiger charge is -2.09. The molecule has 0 aliphatic heterocycles. The van der Waals surface area contributed by atoms with Crippen molar-refractivity contribution in [3.05, 3.63) is 28.6 Å². The van der Waals surface area contributed by atoms with Crippen LogP contribution in [0.4, 0.5) is 8.78 Å². The van der Waals surface area contributed by atoms with Crippen molar-refractivity contribution in [1.82, 2.24) is 4.98 Å². The molecule has 1 aromatic heterocycles. The summed E-state index contributed by atoms with van der Waals surface area (Å²) in [7, 11) is 0. The van der Waals surface area contributed by atoms with Gasteiger partial charge in [-0.25, -0.2) is 13.8 Å². The van der Waals surface area contributed by atoms with Crippen LogP contribution in [0.15, 0.2) is 6.20 Å². The molecule has 74 valence electrons. The first-order chi connectivity index (χ1) is 6.61. The van der Waals surface area contributed by atoms with Gasteiger partial charge in [0, 0.05) is 17.3 Å². The second-order valence-corrected chi connectivity index (χ2v) is 2.74. The van der Waals surface area contributed by atoms with E-state index >= 15 is 0 Å². The molecule has 0 aromatic carbocycles. The number of hydrogen-bond donors (Lipinski definition) is 1. The van der Waals surface area contributed by atoms with Crippen LogP contribution < -0.4 is 0 Å². The second kappa shape index (κ2) is 4.11. The van der Waals surface area contributed by atoms with Gasteiger partial charge in [-0.2, -0.15) is 5.26 Å². The minimum Gasteiger partial charge on any atom is -0.392 e. The van der Waals surface area contributed by atoms with Crippen molar-refractivity contribution in [2.24, 2.45) is 0 Å². The normalized spacial score (nSPS) is 10.3. The minimum atomic E-state index is -2.70. The first-order valence-electron chi connectivity index (χ1n) is 3.89. The van der Waals surface area contributed by atoms with Gasteiger partial charge in [-0.3, -0.25) is 0 Å². The van der Waals surface area contributed by atoms with Gasteiger partial charge in [0.15, 0.2) is 0 Å². The number of aromatic nitrogens is 1. The number of hydrogen-bond acceptors (Lipinski definition) is 3. The lowest BCUT2D eigenvalue weighted by Crippen LogP contribution is -2.02. The van der Waals surface area contributed by atoms with Crippen molar-refractivity contribution < 1.29 is 13.9 Å². The number of aliphatic hydroxyl groups excluding tert-OH is 1. The molecule has 1 N–H and O–H groups in total. The largest absolute Gasteiger partial charge is 0.392 e. The average molecular weight is 198 g/mol. The lowest BCUT2D eigenvalue weighted by atomic mass is 10.0. The molecule has 5 heteroatoms. The van der Waals surface area contributed by atoms with Crippen LogP contribution in [0, 0.1) is 18.3 Å². The molecule has 3 nitrogen and oxygen atoms in total. The number of pyridine rings is 1. The van der Waals surface area contributed by atoms with Gasteiger partial charge in [0.1, 0.15) is 11.8 Å². The van der Waals surface area contributed by atoms with Gasteiger partial charge >= 0.3 is 0 Å². The Balaban J connectivity index is 3.41. The van der Waals surface area contributed by atoms with Crippen LogP contribution in [0.1, 0.15) is 28.8 Å². The van der Waals surface area contributed by atoms with E-state index < -0.39 is 13.0 Å². The summed E-state index contributed by atoms with van der Waals surface area (Å²) >= 11 is 0. The van der Waals surface area contributed by atoms with E-state index in [9.17, 15) is 8.78 Å². The van der Waals surface area contributed by atoms with Crippen molar-refractivity contribution in [2.45, 2.75) is 20.0 Å². The van der Waals surface area contributed by atoms with Crippen molar-refractivity contribution in [2.75, 3.05) is 0 Å². The van der Waals surface area contributed by atoms with Crippen LogP contribution in [0.3, 0.4) is 0 Å². The molecule has 0 aliphatic carbocycles. The number of aliphatic hydroxyl groups is 1. The molecule has 0 unspecified atom stereocenters. The van der Waals surface area contributed by atoms with Gasteiger partial charge < -0.3 is 5.11 Å². The quantitative estimate of drug-likeness (QED) is 0.786. The maximum absolute atomic E-state index is 12.5. The Hall–Kier alpha value is -1.54. The molecule has 0 bridgehead atoms. The Morgan fingerprint density at radius 2 is 2.29 bits per heavy atom. The predicted octanol–water partition coefficient (Wildman–Crippen LogP) is 1.69. The Kier molecular flexibility index (Phi) is 3.10. The average Bonchev–Trinajstić information content (AvgIpc) is 2.16. The third-order valence-corrected chi connectivity index (χ3v) is 1.95. The van der Waals surface area contributed by atoms with Gasteiger partial charge in [-0.1, -0.05) is 0 Å². The summed E-state index contributed by atoms with van der Waals surface area (Å²) in [5.74, 6) is 0. The molecule has 0 aliphatic rings. The van der Waals surface area contributed by atoms with E-state index in [-0.39, 0.29) is 22.4 Å². The van der Waals surface area contributed by atoms with E-state index in [1.165, 1.54) is 6.92 Å². The summed E-state index contributed by atoms with van der Waals surface area (Å²) in [6.07, 6.45) is -1.60. The fraction of sp³-hybridized carbons (Fsp3) is 0.333. The fourth-order valence-corrected chi connectivity index (χ4v) is 1.22. The second-order valence-electron chi connectivity index (χ2n) is 2.74. The molecular formula is C9H8F2N2O. The predicted molar refractivity (Wildman–Crippen MR) is 44.6 cm³/mol. The number of rotatable bonds is 2. The minimum absolute atomic E-state index is 0.0301. The zero-order chi connectivity index (χ0) is 10.7. The number of nitriles is 1. The monoisotopic (exact) mass is 198 g/mol. The summed E-state index contributed by atoms with van der Waals surface area (Å²) in [4.78, 5) is 3.66. The highest BCUT2D eigenvalue weighted by Gasteiger charge is 2.18. The van der Waals surface area contributed by atoms with Crippen LogP contribution in [0.5, 0.6) is 0 Å². The molecule has 0 radical (unpaired) electrons. The molecular weight excluding hydrogens is 190 g/mol. The van der Waals surface area contributed by atoms with Gasteiger partial charge in [0.25, 0.3) is 6.43 Å². The molecule has 1 aromatic rings. The zero-order valence-corrected chi connectivity index (χ0v) is 7.46. The van der Waals surface area contributed by atoms with Crippen LogP contribution in [0.2, 0.25) is 0 Å². The standard InChI is InChI=1S/C9H8F2N2O/c1-5-7(2-12)13-3-6(4-14)8(5)9(10)11/h3,9,14H,4H2,1H3. The number of nitrogens with zero attached hydrogens (tertiary/aromatic N) is 2. The maximum atomic E-state index is 12.5. The van der Waals surface area contributed by atoms with Crippen molar-refractivity contribution in [3.63, 3.8) is 0 Å². The van der Waals surface area contributed by atoms with E-state index in [0.29, 0.717) is 0 Å². The SMILES string of the molecule is Cc1c(C#N)ncc(CO)c1C(F)F. The van der Waals surface area contributed by atoms with Gasteiger partial charge in [-0.05, 0) is 12.5 Å². The first kappa shape index (κ1) is 10.5. The summed E-state index contributed by atoms with van der Waals surface area (Å²) in [6, 6.07) is 1.72. The molecule has 0 saturated carbocycles. The number of alkyl halides is 2. The van der Waals surface area contributed by atoms with Gasteiger partial charge in [0.2, 0.25) is 0 Å². The summed E-state index contributed by atoms with van der Waals surface area (Å²) in [6.45, 7) is 0.894. The highest BCUT2D eigenvalue weighted by molar-refractivity contribution is 5.41. The highest BCUT2D eigenvalue weighted by atomic mass is 19.3. The molecule has 14 heavy (non-hydrogen) atoms. The fourth-order valence-electron chi connectivity index (χ4n) is 1.22. The van der Waals surface area contributed by atoms with E-state index in [1.54, 1.807) is 6.07 Å². The third kappa shape index (κ3) is 1.70. The Bertz CT molecular complexity index is 385. The van der Waals surface area contributed by atoms with E-state index in [1.807, 2.05) is 0 Å². The van der Waals surface area contributed by atoms with Gasteiger partial charge in [0.05, 0.1) is 6.61 Å². The molecule has 0 atom stereocenters. The van der Waals surface area contributed by atoms with Crippen molar-refractivity contribution in [3.8, 4) is 6.07 Å². The molecule has 0 fully saturated rings. The molecule has 0 spiro atoms. The number of halogens is 2. The van der Waals surface area contributed by atoms with Gasteiger partial charge in [-0.15, -0.1) is 0 Å². The smallest absolute Gasteiger partial charge is 0.264 e. The molecule has 1 heterocycles. The third-order valence-electron chi connectivity index (χ3n) is 1.95. The lowest BCUT2D eigenvalue weighted by molar-refractivity contribution is 0.146. The zero-order valence-electron chi connectivity index (χ0n) is 7.46. The highest BCUT2D eigenvalue weighted by Crippen LogP contribution is 2.27. The molecule has 0 saturated heterocycles. The summed E-state index contributed by atoms with van der Waals surface area (Å²) in [5, 5.41) is 17.4. The van der Waals surface area contributed by atoms with Crippen molar-refractivity contribution >= 4 is 0 Å². The Morgan fingerprint density at radius 3 is 2.71 bits per heavy atom. The topological polar surface area (TPSA) is 56.9 Å². The van der Waals surface area contributed by atoms with E-state index in [2.05, 4.69) is 4.98 Å². The Morgan fingerprint density at radius 1 is 1.64 bits per heavy atom. The van der Waals surface area contributed by atoms with Crippen molar-refractivity contribution in [1.29, 1.82) is 5.26 Å². The van der Waals surface area contributed by atoms with Crippen LogP contribution in [-0.2, 0) is 6.61 Å². The van der Waals surface area contributed by atoms with Crippen LogP contribution >= 0.6 is 0 Å². The van der Waals surface area contributed by atoms with E-state index in [4.69, 9.17) is 10.4 Å². The molecule has 0 amide bonds. The molecule has 1 rings (SSSR count). The van der Waals surface area contributed by atoms with E-state index in [0.717, 1.165) is 6.20 Å².